The maximum absolute atomic E-state index is 5.89. The molecule has 0 atom stereocenters. The lowest BCUT2D eigenvalue weighted by Gasteiger charge is -2.16. The molecule has 0 fully saturated rings. The van der Waals surface area contributed by atoms with Crippen molar-refractivity contribution in [1.29, 1.82) is 0 Å². The van der Waals surface area contributed by atoms with E-state index in [0.717, 1.165) is 16.9 Å². The van der Waals surface area contributed by atoms with Gasteiger partial charge in [-0.05, 0) is 43.5 Å². The number of ether oxygens (including phenoxy) is 1. The number of benzene rings is 2. The Labute approximate surface area is 115 Å². The Balaban J connectivity index is 2.46. The highest BCUT2D eigenvalue weighted by atomic mass is 16.5. The standard InChI is InChI=1S/C17H21NO/c1-12(2)19-17-7-5-4-6-16(17)15-9-8-14(11-18)10-13(15)3/h4-10,12H,11,18H2,1-3H3. The average molecular weight is 255 g/mol. The van der Waals surface area contributed by atoms with E-state index in [1.807, 2.05) is 32.0 Å². The Hall–Kier alpha value is -1.80. The molecule has 100 valence electrons. The minimum atomic E-state index is 0.171. The summed E-state index contributed by atoms with van der Waals surface area (Å²) in [5.74, 6) is 0.932. The van der Waals surface area contributed by atoms with Crippen molar-refractivity contribution >= 4 is 0 Å². The van der Waals surface area contributed by atoms with Crippen LogP contribution in [0.4, 0.5) is 0 Å². The fraction of sp³-hybridized carbons (Fsp3) is 0.294. The fourth-order valence-electron chi connectivity index (χ4n) is 2.20. The van der Waals surface area contributed by atoms with Crippen LogP contribution in [0.15, 0.2) is 42.5 Å². The molecule has 0 saturated carbocycles. The van der Waals surface area contributed by atoms with Crippen molar-refractivity contribution in [3.8, 4) is 16.9 Å². The smallest absolute Gasteiger partial charge is 0.127 e. The van der Waals surface area contributed by atoms with Crippen molar-refractivity contribution in [2.75, 3.05) is 0 Å². The number of rotatable bonds is 4. The molecule has 0 unspecified atom stereocenters. The van der Waals surface area contributed by atoms with E-state index < -0.39 is 0 Å². The van der Waals surface area contributed by atoms with Gasteiger partial charge in [-0.15, -0.1) is 0 Å². The van der Waals surface area contributed by atoms with Crippen LogP contribution in [0.1, 0.15) is 25.0 Å². The molecule has 0 saturated heterocycles. The molecule has 2 nitrogen and oxygen atoms in total. The van der Waals surface area contributed by atoms with Crippen LogP contribution in [0, 0.1) is 6.92 Å². The maximum atomic E-state index is 5.89. The molecule has 0 heterocycles. The Kier molecular flexibility index (Phi) is 4.23. The third kappa shape index (κ3) is 3.15. The number of hydrogen-bond acceptors (Lipinski definition) is 2. The number of nitrogens with two attached hydrogens (primary N) is 1. The maximum Gasteiger partial charge on any atom is 0.127 e. The Bertz CT molecular complexity index is 561. The average Bonchev–Trinajstić information content (AvgIpc) is 2.39. The summed E-state index contributed by atoms with van der Waals surface area (Å²) < 4.78 is 5.89. The third-order valence-electron chi connectivity index (χ3n) is 3.07. The molecule has 0 spiro atoms. The molecular weight excluding hydrogens is 234 g/mol. The first kappa shape index (κ1) is 13.6. The summed E-state index contributed by atoms with van der Waals surface area (Å²) in [6.07, 6.45) is 0.171. The summed E-state index contributed by atoms with van der Waals surface area (Å²) in [6.45, 7) is 6.77. The molecule has 2 aromatic carbocycles. The van der Waals surface area contributed by atoms with Crippen molar-refractivity contribution in [2.45, 2.75) is 33.4 Å². The lowest BCUT2D eigenvalue weighted by atomic mass is 9.97. The van der Waals surface area contributed by atoms with Crippen molar-refractivity contribution in [3.63, 3.8) is 0 Å². The lowest BCUT2D eigenvalue weighted by molar-refractivity contribution is 0.243. The monoisotopic (exact) mass is 255 g/mol. The Morgan fingerprint density at radius 2 is 1.79 bits per heavy atom. The molecular formula is C17H21NO. The first-order valence-corrected chi connectivity index (χ1v) is 6.67. The zero-order chi connectivity index (χ0) is 13.8. The van der Waals surface area contributed by atoms with Crippen molar-refractivity contribution in [1.82, 2.24) is 0 Å². The van der Waals surface area contributed by atoms with Gasteiger partial charge >= 0.3 is 0 Å². The Morgan fingerprint density at radius 3 is 2.42 bits per heavy atom. The topological polar surface area (TPSA) is 35.2 Å². The van der Waals surface area contributed by atoms with Crippen molar-refractivity contribution < 1.29 is 4.74 Å². The molecule has 0 radical (unpaired) electrons. The van der Waals surface area contributed by atoms with Crippen LogP contribution in [0.25, 0.3) is 11.1 Å². The zero-order valence-electron chi connectivity index (χ0n) is 11.8. The molecule has 0 aromatic heterocycles. The van der Waals surface area contributed by atoms with E-state index in [9.17, 15) is 0 Å². The predicted molar refractivity (Wildman–Crippen MR) is 80.3 cm³/mol. The minimum absolute atomic E-state index is 0.171. The van der Waals surface area contributed by atoms with Crippen LogP contribution in [-0.4, -0.2) is 6.10 Å². The SMILES string of the molecule is Cc1cc(CN)ccc1-c1ccccc1OC(C)C. The molecule has 2 aromatic rings. The second-order valence-electron chi connectivity index (χ2n) is 5.02. The van der Waals surface area contributed by atoms with Crippen molar-refractivity contribution in [3.05, 3.63) is 53.6 Å². The van der Waals surface area contributed by atoms with Gasteiger partial charge in [-0.25, -0.2) is 0 Å². The van der Waals surface area contributed by atoms with Gasteiger partial charge in [-0.3, -0.25) is 0 Å². The molecule has 2 rings (SSSR count). The molecule has 0 aliphatic rings. The quantitative estimate of drug-likeness (QED) is 0.899. The first-order valence-electron chi connectivity index (χ1n) is 6.67. The summed E-state index contributed by atoms with van der Waals surface area (Å²) in [5.41, 5.74) is 10.4. The summed E-state index contributed by atoms with van der Waals surface area (Å²) in [7, 11) is 0. The molecule has 0 bridgehead atoms. The van der Waals surface area contributed by atoms with E-state index in [2.05, 4.69) is 31.2 Å². The van der Waals surface area contributed by atoms with E-state index in [1.165, 1.54) is 11.1 Å². The van der Waals surface area contributed by atoms with Crippen LogP contribution in [-0.2, 0) is 6.54 Å². The second kappa shape index (κ2) is 5.89. The highest BCUT2D eigenvalue weighted by Crippen LogP contribution is 2.33. The van der Waals surface area contributed by atoms with E-state index in [0.29, 0.717) is 6.54 Å². The highest BCUT2D eigenvalue weighted by molar-refractivity contribution is 5.73. The van der Waals surface area contributed by atoms with Crippen LogP contribution in [0.2, 0.25) is 0 Å². The van der Waals surface area contributed by atoms with E-state index in [-0.39, 0.29) is 6.10 Å². The normalized spacial score (nSPS) is 10.8. The van der Waals surface area contributed by atoms with E-state index >= 15 is 0 Å². The molecule has 0 aliphatic carbocycles. The van der Waals surface area contributed by atoms with Gasteiger partial charge in [0.2, 0.25) is 0 Å². The van der Waals surface area contributed by atoms with Crippen LogP contribution >= 0.6 is 0 Å². The van der Waals surface area contributed by atoms with E-state index in [1.54, 1.807) is 0 Å². The van der Waals surface area contributed by atoms with Crippen LogP contribution in [0.5, 0.6) is 5.75 Å². The molecule has 2 N–H and O–H groups in total. The minimum Gasteiger partial charge on any atom is -0.490 e. The third-order valence-corrected chi connectivity index (χ3v) is 3.07. The molecule has 2 heteroatoms. The summed E-state index contributed by atoms with van der Waals surface area (Å²) in [4.78, 5) is 0. The summed E-state index contributed by atoms with van der Waals surface area (Å²) >= 11 is 0. The van der Waals surface area contributed by atoms with Gasteiger partial charge in [0.25, 0.3) is 0 Å². The van der Waals surface area contributed by atoms with Gasteiger partial charge in [-0.1, -0.05) is 36.4 Å². The predicted octanol–water partition coefficient (Wildman–Crippen LogP) is 3.91. The van der Waals surface area contributed by atoms with Gasteiger partial charge in [0.05, 0.1) is 6.10 Å². The Morgan fingerprint density at radius 1 is 1.05 bits per heavy atom. The molecule has 0 aliphatic heterocycles. The fourth-order valence-corrected chi connectivity index (χ4v) is 2.20. The van der Waals surface area contributed by atoms with Gasteiger partial charge in [0, 0.05) is 12.1 Å². The van der Waals surface area contributed by atoms with Gasteiger partial charge in [0.1, 0.15) is 5.75 Å². The largest absolute Gasteiger partial charge is 0.490 e. The summed E-state index contributed by atoms with van der Waals surface area (Å²) in [6, 6.07) is 14.5. The second-order valence-corrected chi connectivity index (χ2v) is 5.02. The molecule has 0 amide bonds. The number of hydrogen-bond donors (Lipinski definition) is 1. The lowest BCUT2D eigenvalue weighted by Crippen LogP contribution is -2.06. The summed E-state index contributed by atoms with van der Waals surface area (Å²) in [5, 5.41) is 0. The highest BCUT2D eigenvalue weighted by Gasteiger charge is 2.09. The first-order chi connectivity index (χ1) is 9.11. The van der Waals surface area contributed by atoms with Gasteiger partial charge in [-0.2, -0.15) is 0 Å². The number of aryl methyl sites for hydroxylation is 1. The van der Waals surface area contributed by atoms with Gasteiger partial charge < -0.3 is 10.5 Å². The van der Waals surface area contributed by atoms with E-state index in [4.69, 9.17) is 10.5 Å². The van der Waals surface area contributed by atoms with Crippen molar-refractivity contribution in [2.24, 2.45) is 5.73 Å². The number of para-hydroxylation sites is 1. The zero-order valence-corrected chi connectivity index (χ0v) is 11.8. The van der Waals surface area contributed by atoms with Crippen LogP contribution < -0.4 is 10.5 Å². The molecule has 19 heavy (non-hydrogen) atoms. The van der Waals surface area contributed by atoms with Crippen LogP contribution in [0.3, 0.4) is 0 Å². The van der Waals surface area contributed by atoms with Gasteiger partial charge in [0.15, 0.2) is 0 Å².